The molecular formula is C22H43N4O9S2+. The van der Waals surface area contributed by atoms with Crippen LogP contribution >= 0.6 is 12.6 Å². The Morgan fingerprint density at radius 1 is 1.11 bits per heavy atom. The number of Topliss-reactive ketones (excluding diaryl/α,β-unsaturated/α-hetero) is 1. The molecule has 0 spiro atoms. The highest BCUT2D eigenvalue weighted by molar-refractivity contribution is 7.82. The van der Waals surface area contributed by atoms with E-state index in [9.17, 15) is 27.9 Å². The highest BCUT2D eigenvalue weighted by Crippen LogP contribution is 2.13. The number of ether oxygens (including phenoxy) is 2. The van der Waals surface area contributed by atoms with Gasteiger partial charge in [0.15, 0.2) is 22.2 Å². The number of carbonyl (C=O) groups excluding carboxylic acids is 3. The number of ketones is 1. The summed E-state index contributed by atoms with van der Waals surface area (Å²) in [6.07, 6.45) is 0.971. The Labute approximate surface area is 226 Å². The molecule has 5 N–H and O–H groups in total. The van der Waals surface area contributed by atoms with E-state index >= 15 is 0 Å². The van der Waals surface area contributed by atoms with Crippen LogP contribution in [0.1, 0.15) is 54.4 Å². The predicted molar refractivity (Wildman–Crippen MR) is 143 cm³/mol. The summed E-state index contributed by atoms with van der Waals surface area (Å²) in [4.78, 5) is 45.1. The number of likely N-dealkylation sites (N-methyl/N-ethyl adjacent to an activating group) is 1. The maximum absolute atomic E-state index is 12.4. The zero-order valence-corrected chi connectivity index (χ0v) is 24.4. The van der Waals surface area contributed by atoms with E-state index in [0.29, 0.717) is 0 Å². The molecule has 37 heavy (non-hydrogen) atoms. The molecule has 0 heterocycles. The minimum Gasteiger partial charge on any atom is -0.477 e. The lowest BCUT2D eigenvalue weighted by Gasteiger charge is -2.25. The lowest BCUT2D eigenvalue weighted by Crippen LogP contribution is -2.55. The van der Waals surface area contributed by atoms with Crippen molar-refractivity contribution in [2.45, 2.75) is 70.2 Å². The first-order chi connectivity index (χ1) is 17.1. The van der Waals surface area contributed by atoms with Crippen molar-refractivity contribution in [1.82, 2.24) is 16.0 Å². The Bertz CT molecular complexity index is 805. The van der Waals surface area contributed by atoms with Crippen LogP contribution in [0.3, 0.4) is 0 Å². The van der Waals surface area contributed by atoms with E-state index in [1.165, 1.54) is 45.7 Å². The summed E-state index contributed by atoms with van der Waals surface area (Å²) in [5.74, 6) is -2.26. The summed E-state index contributed by atoms with van der Waals surface area (Å²) >= 11 is 1.67. The van der Waals surface area contributed by atoms with Gasteiger partial charge in [0, 0.05) is 19.4 Å². The van der Waals surface area contributed by atoms with Crippen LogP contribution in [0.5, 0.6) is 0 Å². The number of hydrogen-bond donors (Lipinski definition) is 6. The van der Waals surface area contributed by atoms with Crippen LogP contribution in [0.4, 0.5) is 0 Å². The molecule has 15 heteroatoms. The van der Waals surface area contributed by atoms with Crippen molar-refractivity contribution in [2.75, 3.05) is 40.0 Å². The SMILES string of the molecule is CC.CC(=O)COCCOCCNC(=O)C(C)(C)NC(=O)CCC(N/C=[N+](\C)C(C)(S)C(=O)O)S(=O)O. The molecule has 0 aromatic carbocycles. The Hall–Kier alpha value is -2.07. The molecule has 2 amide bonds. The average Bonchev–Trinajstić information content (AvgIpc) is 2.80. The molecule has 0 aromatic heterocycles. The van der Waals surface area contributed by atoms with Crippen molar-refractivity contribution in [3.63, 3.8) is 0 Å². The largest absolute Gasteiger partial charge is 0.477 e. The Morgan fingerprint density at radius 2 is 1.68 bits per heavy atom. The topological polar surface area (TPSA) is 183 Å². The fourth-order valence-corrected chi connectivity index (χ4v) is 2.89. The third kappa shape index (κ3) is 16.4. The summed E-state index contributed by atoms with van der Waals surface area (Å²) in [6.45, 7) is 10.7. The van der Waals surface area contributed by atoms with Gasteiger partial charge in [-0.3, -0.25) is 19.7 Å². The van der Waals surface area contributed by atoms with Gasteiger partial charge in [-0.2, -0.15) is 0 Å². The third-order valence-electron chi connectivity index (χ3n) is 4.65. The van der Waals surface area contributed by atoms with Gasteiger partial charge in [-0.25, -0.2) is 13.6 Å². The van der Waals surface area contributed by atoms with Crippen molar-refractivity contribution in [3.8, 4) is 0 Å². The van der Waals surface area contributed by atoms with Crippen LogP contribution in [0.25, 0.3) is 0 Å². The van der Waals surface area contributed by atoms with Crippen LogP contribution in [0.2, 0.25) is 0 Å². The number of nitrogens with zero attached hydrogens (tertiary/aromatic N) is 1. The van der Waals surface area contributed by atoms with Gasteiger partial charge in [0.1, 0.15) is 12.1 Å². The van der Waals surface area contributed by atoms with Gasteiger partial charge in [-0.15, -0.1) is 12.6 Å². The maximum atomic E-state index is 12.4. The molecule has 0 aliphatic carbocycles. The van der Waals surface area contributed by atoms with Crippen molar-refractivity contribution < 1.29 is 47.1 Å². The monoisotopic (exact) mass is 571 g/mol. The first kappa shape index (κ1) is 37.1. The fraction of sp³-hybridized carbons (Fsp3) is 0.773. The van der Waals surface area contributed by atoms with E-state index in [4.69, 9.17) is 14.6 Å². The summed E-state index contributed by atoms with van der Waals surface area (Å²) in [5, 5.41) is 15.9. The lowest BCUT2D eigenvalue weighted by atomic mass is 10.0. The second-order valence-corrected chi connectivity index (χ2v) is 10.3. The normalized spacial score (nSPS) is 14.8. The van der Waals surface area contributed by atoms with Gasteiger partial charge in [-0.05, 0) is 27.7 Å². The third-order valence-corrected chi connectivity index (χ3v) is 6.02. The summed E-state index contributed by atoms with van der Waals surface area (Å²) < 4.78 is 32.6. The quantitative estimate of drug-likeness (QED) is 0.0248. The van der Waals surface area contributed by atoms with Crippen LogP contribution in [0, 0.1) is 0 Å². The molecular weight excluding hydrogens is 528 g/mol. The Kier molecular flexibility index (Phi) is 19.1. The molecule has 0 fully saturated rings. The highest BCUT2D eigenvalue weighted by atomic mass is 32.2. The van der Waals surface area contributed by atoms with Crippen LogP contribution in [-0.2, 0) is 39.7 Å². The number of aliphatic carboxylic acids is 1. The molecule has 0 saturated carbocycles. The van der Waals surface area contributed by atoms with Crippen LogP contribution in [-0.4, -0.2) is 104 Å². The molecule has 0 rings (SSSR count). The standard InChI is InChI=1S/C20H36N4O9S2.C2H6/c1-14(25)12-33-11-10-32-9-8-21-17(27)19(2,3)23-15(26)6-7-16(35(30)31)22-13-24(5)20(4,34)18(28)29;1-2/h13,16H,6-12H2,1-5H3,(H5,21,23,26,27,28,29,30,31,34);1-2H3/p+1. The van der Waals surface area contributed by atoms with Gasteiger partial charge in [0.2, 0.25) is 23.0 Å². The fourth-order valence-electron chi connectivity index (χ4n) is 2.34. The molecule has 0 aromatic rings. The average molecular weight is 572 g/mol. The number of thiol groups is 1. The second-order valence-electron chi connectivity index (χ2n) is 8.33. The zero-order valence-electron chi connectivity index (χ0n) is 22.7. The van der Waals surface area contributed by atoms with Crippen molar-refractivity contribution >= 4 is 53.6 Å². The van der Waals surface area contributed by atoms with Crippen LogP contribution in [0.15, 0.2) is 0 Å². The van der Waals surface area contributed by atoms with Gasteiger partial charge in [-0.1, -0.05) is 13.8 Å². The highest BCUT2D eigenvalue weighted by Gasteiger charge is 2.35. The molecule has 13 nitrogen and oxygen atoms in total. The van der Waals surface area contributed by atoms with Gasteiger partial charge < -0.3 is 29.8 Å². The molecule has 3 unspecified atom stereocenters. The van der Waals surface area contributed by atoms with E-state index in [0.717, 1.165) is 0 Å². The number of amides is 2. The Balaban J connectivity index is 0. The minimum absolute atomic E-state index is 0.0220. The minimum atomic E-state index is -2.36. The summed E-state index contributed by atoms with van der Waals surface area (Å²) in [5.41, 5.74) is -1.25. The second kappa shape index (κ2) is 19.1. The molecule has 0 bridgehead atoms. The smallest absolute Gasteiger partial charge is 0.362 e. The number of carboxylic acid groups (broad SMARTS) is 1. The van der Waals surface area contributed by atoms with Gasteiger partial charge in [0.25, 0.3) is 0 Å². The molecule has 0 radical (unpaired) electrons. The van der Waals surface area contributed by atoms with Crippen molar-refractivity contribution in [3.05, 3.63) is 0 Å². The molecule has 3 atom stereocenters. The Morgan fingerprint density at radius 3 is 2.19 bits per heavy atom. The van der Waals surface area contributed by atoms with E-state index in [1.807, 2.05) is 13.8 Å². The van der Waals surface area contributed by atoms with Gasteiger partial charge in [0.05, 0.1) is 26.9 Å². The van der Waals surface area contributed by atoms with E-state index in [2.05, 4.69) is 28.6 Å². The van der Waals surface area contributed by atoms with E-state index in [1.54, 1.807) is 0 Å². The maximum Gasteiger partial charge on any atom is 0.362 e. The number of nitrogens with one attached hydrogen (secondary N) is 3. The molecule has 216 valence electrons. The first-order valence-corrected chi connectivity index (χ1v) is 13.3. The van der Waals surface area contributed by atoms with Crippen molar-refractivity contribution in [1.29, 1.82) is 0 Å². The lowest BCUT2D eigenvalue weighted by molar-refractivity contribution is -0.533. The number of rotatable bonds is 18. The molecule has 0 saturated heterocycles. The van der Waals surface area contributed by atoms with E-state index < -0.39 is 44.6 Å². The predicted octanol–water partition coefficient (Wildman–Crippen LogP) is -0.0354. The molecule has 0 aliphatic heterocycles. The summed E-state index contributed by atoms with van der Waals surface area (Å²) in [7, 11) is 1.42. The van der Waals surface area contributed by atoms with E-state index in [-0.39, 0.29) is 51.6 Å². The number of carbonyl (C=O) groups is 4. The van der Waals surface area contributed by atoms with Crippen LogP contribution < -0.4 is 16.0 Å². The van der Waals surface area contributed by atoms with Crippen molar-refractivity contribution in [2.24, 2.45) is 0 Å². The summed E-state index contributed by atoms with van der Waals surface area (Å²) in [6, 6.07) is 0. The number of hydrogen-bond acceptors (Lipinski definition) is 8. The first-order valence-electron chi connectivity index (χ1n) is 11.7. The van der Waals surface area contributed by atoms with Gasteiger partial charge >= 0.3 is 5.97 Å². The zero-order chi connectivity index (χ0) is 29.2. The molecule has 0 aliphatic rings. The number of carboxylic acids is 1.